The van der Waals surface area contributed by atoms with E-state index >= 15 is 0 Å². The van der Waals surface area contributed by atoms with E-state index < -0.39 is 5.60 Å². The highest BCUT2D eigenvalue weighted by atomic mass is 16.6. The molecule has 1 aliphatic heterocycles. The molecule has 11 heteroatoms. The molecule has 242 valence electrons. The van der Waals surface area contributed by atoms with Crippen molar-refractivity contribution in [1.29, 1.82) is 0 Å². The number of carbonyl (C=O) groups is 2. The van der Waals surface area contributed by atoms with Crippen molar-refractivity contribution >= 4 is 29.0 Å². The van der Waals surface area contributed by atoms with Crippen molar-refractivity contribution in [2.75, 3.05) is 43.5 Å². The number of hydrogen-bond acceptors (Lipinski definition) is 8. The second kappa shape index (κ2) is 13.4. The van der Waals surface area contributed by atoms with Gasteiger partial charge in [0, 0.05) is 37.9 Å². The number of para-hydroxylation sites is 2. The van der Waals surface area contributed by atoms with Crippen LogP contribution in [0, 0.1) is 0 Å². The lowest BCUT2D eigenvalue weighted by atomic mass is 10.1. The minimum absolute atomic E-state index is 0.249. The normalized spacial score (nSPS) is 13.4. The summed E-state index contributed by atoms with van der Waals surface area (Å²) in [6.45, 7) is 8.24. The summed E-state index contributed by atoms with van der Waals surface area (Å²) in [6, 6.07) is 24.9. The molecule has 0 bridgehead atoms. The Morgan fingerprint density at radius 3 is 2.38 bits per heavy atom. The topological polar surface area (TPSA) is 111 Å². The SMILES string of the molecule is COc1cc(-c2cnn3ccc(C(=O)Nc4ccccc4N4CCN(C(=O)OC(C)(C)C)CC4)nc23)ccc1OCc1ccccc1. The van der Waals surface area contributed by atoms with E-state index in [4.69, 9.17) is 19.2 Å². The number of ether oxygens (including phenoxy) is 3. The first-order valence-electron chi connectivity index (χ1n) is 15.5. The predicted molar refractivity (Wildman–Crippen MR) is 180 cm³/mol. The third-order valence-corrected chi connectivity index (χ3v) is 7.74. The number of nitrogens with zero attached hydrogens (tertiary/aromatic N) is 5. The first-order valence-corrected chi connectivity index (χ1v) is 15.5. The summed E-state index contributed by atoms with van der Waals surface area (Å²) in [5, 5.41) is 7.50. The molecule has 1 N–H and O–H groups in total. The molecular formula is C36H38N6O5. The molecule has 5 aromatic rings. The second-order valence-electron chi connectivity index (χ2n) is 12.2. The van der Waals surface area contributed by atoms with Gasteiger partial charge in [-0.25, -0.2) is 14.3 Å². The number of amides is 2. The fourth-order valence-electron chi connectivity index (χ4n) is 5.39. The van der Waals surface area contributed by atoms with Crippen molar-refractivity contribution in [3.63, 3.8) is 0 Å². The molecule has 1 saturated heterocycles. The van der Waals surface area contributed by atoms with Gasteiger partial charge >= 0.3 is 6.09 Å². The molecule has 0 aliphatic carbocycles. The van der Waals surface area contributed by atoms with Gasteiger partial charge in [0.15, 0.2) is 17.1 Å². The summed E-state index contributed by atoms with van der Waals surface area (Å²) in [6.07, 6.45) is 3.12. The molecule has 0 unspecified atom stereocenters. The average molecular weight is 635 g/mol. The second-order valence-corrected chi connectivity index (χ2v) is 12.2. The molecule has 0 saturated carbocycles. The first kappa shape index (κ1) is 31.4. The quantitative estimate of drug-likeness (QED) is 0.212. The van der Waals surface area contributed by atoms with Gasteiger partial charge in [0.05, 0.1) is 24.7 Å². The number of piperazine rings is 1. The molecule has 11 nitrogen and oxygen atoms in total. The standard InChI is InChI=1S/C36H38N6O5/c1-36(2,3)47-35(44)41-20-18-40(19-21-41)30-13-9-8-12-28(30)39-34(43)29-16-17-42-33(38-29)27(23-37-42)26-14-15-31(32(22-26)45-4)46-24-25-10-6-5-7-11-25/h5-17,22-23H,18-21,24H2,1-4H3,(H,39,43). The monoisotopic (exact) mass is 634 g/mol. The Balaban J connectivity index is 1.17. The largest absolute Gasteiger partial charge is 0.493 e. The van der Waals surface area contributed by atoms with E-state index in [1.165, 1.54) is 0 Å². The summed E-state index contributed by atoms with van der Waals surface area (Å²) >= 11 is 0. The van der Waals surface area contributed by atoms with Gasteiger partial charge < -0.3 is 29.3 Å². The summed E-state index contributed by atoms with van der Waals surface area (Å²) in [5.41, 5.74) is 4.39. The van der Waals surface area contributed by atoms with Crippen molar-refractivity contribution in [3.05, 3.63) is 103 Å². The Hall–Kier alpha value is -5.58. The van der Waals surface area contributed by atoms with Gasteiger partial charge in [0.1, 0.15) is 17.9 Å². The van der Waals surface area contributed by atoms with Gasteiger partial charge in [-0.15, -0.1) is 0 Å². The third kappa shape index (κ3) is 7.30. The van der Waals surface area contributed by atoms with E-state index in [1.807, 2.05) is 93.6 Å². The molecule has 1 aliphatic rings. The van der Waals surface area contributed by atoms with Crippen molar-refractivity contribution in [3.8, 4) is 22.6 Å². The van der Waals surface area contributed by atoms with E-state index in [0.29, 0.717) is 55.6 Å². The van der Waals surface area contributed by atoms with Gasteiger partial charge in [0.25, 0.3) is 5.91 Å². The molecule has 1 fully saturated rings. The lowest BCUT2D eigenvalue weighted by Gasteiger charge is -2.37. The zero-order valence-electron chi connectivity index (χ0n) is 27.0. The van der Waals surface area contributed by atoms with Crippen LogP contribution in [0.4, 0.5) is 16.2 Å². The summed E-state index contributed by atoms with van der Waals surface area (Å²) in [4.78, 5) is 34.7. The van der Waals surface area contributed by atoms with Crippen LogP contribution in [0.15, 0.2) is 91.3 Å². The number of anilines is 2. The Labute approximate surface area is 273 Å². The highest BCUT2D eigenvalue weighted by Crippen LogP contribution is 2.34. The van der Waals surface area contributed by atoms with Crippen LogP contribution in [0.3, 0.4) is 0 Å². The molecule has 2 amide bonds. The van der Waals surface area contributed by atoms with Crippen molar-refractivity contribution in [2.24, 2.45) is 0 Å². The smallest absolute Gasteiger partial charge is 0.410 e. The predicted octanol–water partition coefficient (Wildman–Crippen LogP) is 6.29. The van der Waals surface area contributed by atoms with Crippen LogP contribution < -0.4 is 19.7 Å². The molecule has 0 atom stereocenters. The third-order valence-electron chi connectivity index (χ3n) is 7.74. The van der Waals surface area contributed by atoms with Crippen LogP contribution in [0.25, 0.3) is 16.8 Å². The maximum atomic E-state index is 13.5. The van der Waals surface area contributed by atoms with Crippen LogP contribution in [-0.4, -0.2) is 70.4 Å². The molecule has 3 aromatic carbocycles. The van der Waals surface area contributed by atoms with Gasteiger partial charge in [-0.2, -0.15) is 5.10 Å². The number of methoxy groups -OCH3 is 1. The van der Waals surface area contributed by atoms with E-state index in [9.17, 15) is 9.59 Å². The number of benzene rings is 3. The molecular weight excluding hydrogens is 596 g/mol. The fourth-order valence-corrected chi connectivity index (χ4v) is 5.39. The highest BCUT2D eigenvalue weighted by Gasteiger charge is 2.27. The van der Waals surface area contributed by atoms with Crippen LogP contribution in [-0.2, 0) is 11.3 Å². The van der Waals surface area contributed by atoms with Crippen LogP contribution in [0.5, 0.6) is 11.5 Å². The Morgan fingerprint density at radius 2 is 1.64 bits per heavy atom. The van der Waals surface area contributed by atoms with Gasteiger partial charge in [-0.05, 0) is 62.2 Å². The van der Waals surface area contributed by atoms with Gasteiger partial charge in [-0.1, -0.05) is 48.5 Å². The summed E-state index contributed by atoms with van der Waals surface area (Å²) in [7, 11) is 1.60. The Kier molecular flexibility index (Phi) is 8.97. The fraction of sp³-hybridized carbons (Fsp3) is 0.278. The van der Waals surface area contributed by atoms with E-state index in [1.54, 1.807) is 35.0 Å². The molecule has 6 rings (SSSR count). The van der Waals surface area contributed by atoms with Gasteiger partial charge in [-0.3, -0.25) is 4.79 Å². The van der Waals surface area contributed by atoms with Crippen molar-refractivity contribution in [1.82, 2.24) is 19.5 Å². The number of nitrogens with one attached hydrogen (secondary N) is 1. The van der Waals surface area contributed by atoms with Crippen LogP contribution >= 0.6 is 0 Å². The zero-order chi connectivity index (χ0) is 33.0. The molecule has 3 heterocycles. The minimum atomic E-state index is -0.547. The Morgan fingerprint density at radius 1 is 0.894 bits per heavy atom. The number of fused-ring (bicyclic) bond motifs is 1. The maximum Gasteiger partial charge on any atom is 0.410 e. The number of hydrogen-bond donors (Lipinski definition) is 1. The Bertz CT molecular complexity index is 1880. The molecule has 47 heavy (non-hydrogen) atoms. The number of aromatic nitrogens is 3. The van der Waals surface area contributed by atoms with E-state index in [-0.39, 0.29) is 17.7 Å². The van der Waals surface area contributed by atoms with Gasteiger partial charge in [0.2, 0.25) is 0 Å². The van der Waals surface area contributed by atoms with Crippen LogP contribution in [0.2, 0.25) is 0 Å². The van der Waals surface area contributed by atoms with E-state index in [0.717, 1.165) is 22.4 Å². The average Bonchev–Trinajstić information content (AvgIpc) is 3.51. The highest BCUT2D eigenvalue weighted by molar-refractivity contribution is 6.05. The first-order chi connectivity index (χ1) is 22.7. The number of rotatable bonds is 8. The molecule has 0 radical (unpaired) electrons. The number of carbonyl (C=O) groups excluding carboxylic acids is 2. The molecule has 2 aromatic heterocycles. The summed E-state index contributed by atoms with van der Waals surface area (Å²) < 4.78 is 18.8. The van der Waals surface area contributed by atoms with E-state index in [2.05, 4.69) is 15.3 Å². The zero-order valence-corrected chi connectivity index (χ0v) is 27.0. The summed E-state index contributed by atoms with van der Waals surface area (Å²) in [5.74, 6) is 0.853. The molecule has 0 spiro atoms. The van der Waals surface area contributed by atoms with Crippen LogP contribution in [0.1, 0.15) is 36.8 Å². The van der Waals surface area contributed by atoms with Crippen molar-refractivity contribution in [2.45, 2.75) is 33.0 Å². The lowest BCUT2D eigenvalue weighted by Crippen LogP contribution is -2.50. The maximum absolute atomic E-state index is 13.5. The van der Waals surface area contributed by atoms with Crippen molar-refractivity contribution < 1.29 is 23.8 Å². The minimum Gasteiger partial charge on any atom is -0.493 e. The lowest BCUT2D eigenvalue weighted by molar-refractivity contribution is 0.0240.